The quantitative estimate of drug-likeness (QED) is 0.164. The monoisotopic (exact) mass is 959 g/mol. The van der Waals surface area contributed by atoms with E-state index < -0.39 is 0 Å². The predicted octanol–water partition coefficient (Wildman–Crippen LogP) is 20.8. The fourth-order valence-electron chi connectivity index (χ4n) is 11.5. The second-order valence-corrected chi connectivity index (χ2v) is 26.2. The molecule has 0 N–H and O–H groups in total. The molecule has 0 amide bonds. The van der Waals surface area contributed by atoms with E-state index in [1.54, 1.807) is 0 Å². The van der Waals surface area contributed by atoms with Gasteiger partial charge >= 0.3 is 0 Å². The third-order valence-electron chi connectivity index (χ3n) is 15.7. The van der Waals surface area contributed by atoms with E-state index in [0.717, 1.165) is 22.7 Å². The van der Waals surface area contributed by atoms with Crippen LogP contribution in [0.5, 0.6) is 0 Å². The Morgan fingerprint density at radius 1 is 0.375 bits per heavy atom. The van der Waals surface area contributed by atoms with Gasteiger partial charge in [-0.2, -0.15) is 0 Å². The van der Waals surface area contributed by atoms with Crippen molar-refractivity contribution in [2.75, 3.05) is 9.80 Å². The molecule has 0 atom stereocenters. The van der Waals surface area contributed by atoms with E-state index in [1.165, 1.54) is 97.6 Å². The van der Waals surface area contributed by atoms with Crippen molar-refractivity contribution in [3.05, 3.63) is 203 Å². The molecule has 3 heteroatoms. The van der Waals surface area contributed by atoms with E-state index in [9.17, 15) is 0 Å². The molecule has 2 nitrogen and oxygen atoms in total. The number of nitrogens with zero attached hydrogens (tertiary/aromatic N) is 2. The first-order valence-electron chi connectivity index (χ1n) is 26.0. The average Bonchev–Trinajstić information content (AvgIpc) is 3.82. The highest BCUT2D eigenvalue weighted by Crippen LogP contribution is 2.59. The van der Waals surface area contributed by atoms with Crippen molar-refractivity contribution in [3.63, 3.8) is 0 Å². The highest BCUT2D eigenvalue weighted by Gasteiger charge is 2.40. The van der Waals surface area contributed by atoms with Crippen molar-refractivity contribution in [2.45, 2.75) is 124 Å². The number of anilines is 6. The van der Waals surface area contributed by atoms with Crippen LogP contribution >= 0.6 is 11.3 Å². The predicted molar refractivity (Wildman–Crippen MR) is 316 cm³/mol. The molecule has 1 aliphatic carbocycles. The van der Waals surface area contributed by atoms with Crippen molar-refractivity contribution in [3.8, 4) is 11.1 Å². The van der Waals surface area contributed by atoms with E-state index in [2.05, 4.69) is 277 Å². The molecule has 1 heterocycles. The van der Waals surface area contributed by atoms with Gasteiger partial charge in [0, 0.05) is 59.1 Å². The number of thiophene rings is 1. The zero-order valence-corrected chi connectivity index (χ0v) is 45.8. The lowest BCUT2D eigenvalue weighted by atomic mass is 9.81. The van der Waals surface area contributed by atoms with Crippen LogP contribution in [0.25, 0.3) is 52.8 Å². The summed E-state index contributed by atoms with van der Waals surface area (Å²) in [5.74, 6) is 0. The summed E-state index contributed by atoms with van der Waals surface area (Å²) in [6.45, 7) is 32.4. The van der Waals surface area contributed by atoms with Gasteiger partial charge in [-0.1, -0.05) is 206 Å². The number of hydrogen-bond acceptors (Lipinski definition) is 3. The fraction of sp³-hybridized carbons (Fsp3) is 0.275. The molecule has 10 aromatic rings. The molecule has 72 heavy (non-hydrogen) atoms. The first-order valence-corrected chi connectivity index (χ1v) is 26.8. The van der Waals surface area contributed by atoms with E-state index in [0.29, 0.717) is 0 Å². The van der Waals surface area contributed by atoms with Gasteiger partial charge in [0.25, 0.3) is 0 Å². The minimum atomic E-state index is -0.296. The maximum Gasteiger partial charge on any atom is 0.0554 e. The Balaban J connectivity index is 1.12. The summed E-state index contributed by atoms with van der Waals surface area (Å²) < 4.78 is 2.68. The minimum absolute atomic E-state index is 0.0513. The number of fused-ring (bicyclic) bond motifs is 11. The molecule has 0 radical (unpaired) electrons. The van der Waals surface area contributed by atoms with Crippen LogP contribution in [-0.4, -0.2) is 0 Å². The molecule has 0 saturated carbocycles. The van der Waals surface area contributed by atoms with Gasteiger partial charge < -0.3 is 9.80 Å². The fourth-order valence-corrected chi connectivity index (χ4v) is 12.9. The number of benzene rings is 9. The second kappa shape index (κ2) is 16.7. The van der Waals surface area contributed by atoms with Crippen LogP contribution in [0, 0.1) is 0 Å². The molecule has 0 fully saturated rings. The molecule has 1 aromatic heterocycles. The Morgan fingerprint density at radius 3 is 1.14 bits per heavy atom. The molecule has 0 unspecified atom stereocenters. The second-order valence-electron chi connectivity index (χ2n) is 25.1. The lowest BCUT2D eigenvalue weighted by Gasteiger charge is -2.31. The number of hydrogen-bond donors (Lipinski definition) is 0. The first kappa shape index (κ1) is 47.6. The van der Waals surface area contributed by atoms with Crippen LogP contribution in [0.1, 0.15) is 130 Å². The molecule has 0 saturated heterocycles. The van der Waals surface area contributed by atoms with E-state index in [1.807, 2.05) is 11.3 Å². The molecular formula is C69H70N2S. The van der Waals surface area contributed by atoms with Crippen molar-refractivity contribution in [2.24, 2.45) is 0 Å². The van der Waals surface area contributed by atoms with Crippen LogP contribution in [0.2, 0.25) is 0 Å². The molecule has 11 rings (SSSR count). The minimum Gasteiger partial charge on any atom is -0.310 e. The SMILES string of the molecule is CC(C)(C)c1ccc(N(c2ccc(C(C)(C)C)cc2)c2cc3c(c4ccccc24)-c2ccc4c(sc5cc(N(c6ccc(C(C)(C)C)cc6)c6ccc(C(C)(C)C)cc6)c6ccccc6c54)c2C3(C)C)cc1. The van der Waals surface area contributed by atoms with Crippen molar-refractivity contribution in [1.82, 2.24) is 0 Å². The van der Waals surface area contributed by atoms with Crippen molar-refractivity contribution < 1.29 is 0 Å². The van der Waals surface area contributed by atoms with Gasteiger partial charge in [-0.15, -0.1) is 11.3 Å². The first-order chi connectivity index (χ1) is 34.0. The maximum absolute atomic E-state index is 2.54. The zero-order valence-electron chi connectivity index (χ0n) is 45.0. The van der Waals surface area contributed by atoms with Crippen molar-refractivity contribution >= 4 is 87.2 Å². The third-order valence-corrected chi connectivity index (χ3v) is 16.8. The van der Waals surface area contributed by atoms with Gasteiger partial charge in [0.2, 0.25) is 0 Å². The van der Waals surface area contributed by atoms with Gasteiger partial charge in [-0.05, 0) is 138 Å². The van der Waals surface area contributed by atoms with E-state index >= 15 is 0 Å². The Morgan fingerprint density at radius 2 is 0.736 bits per heavy atom. The summed E-state index contributed by atoms with van der Waals surface area (Å²) in [5.41, 5.74) is 17.7. The van der Waals surface area contributed by atoms with Gasteiger partial charge in [-0.25, -0.2) is 0 Å². The summed E-state index contributed by atoms with van der Waals surface area (Å²) in [5, 5.41) is 7.73. The largest absolute Gasteiger partial charge is 0.310 e. The Hall–Kier alpha value is -6.68. The molecule has 0 spiro atoms. The summed E-state index contributed by atoms with van der Waals surface area (Å²) in [7, 11) is 0. The number of rotatable bonds is 6. The lowest BCUT2D eigenvalue weighted by molar-refractivity contribution is 0.590. The van der Waals surface area contributed by atoms with Crippen LogP contribution in [0.15, 0.2) is 170 Å². The van der Waals surface area contributed by atoms with Gasteiger partial charge in [0.05, 0.1) is 11.4 Å². The topological polar surface area (TPSA) is 6.48 Å². The van der Waals surface area contributed by atoms with Crippen LogP contribution in [0.3, 0.4) is 0 Å². The molecule has 0 bridgehead atoms. The molecular weight excluding hydrogens is 889 g/mol. The van der Waals surface area contributed by atoms with Gasteiger partial charge in [0.15, 0.2) is 0 Å². The Labute approximate surface area is 433 Å². The molecule has 0 aliphatic heterocycles. The van der Waals surface area contributed by atoms with Gasteiger partial charge in [0.1, 0.15) is 0 Å². The smallest absolute Gasteiger partial charge is 0.0554 e. The Bertz CT molecular complexity index is 3590. The zero-order chi connectivity index (χ0) is 50.9. The van der Waals surface area contributed by atoms with E-state index in [4.69, 9.17) is 0 Å². The normalized spacial score (nSPS) is 13.8. The van der Waals surface area contributed by atoms with Gasteiger partial charge in [-0.3, -0.25) is 0 Å². The average molecular weight is 959 g/mol. The standard InChI is InChI=1S/C69H70N2S/c1-65(2,3)43-23-31-47(32-24-43)70(48-33-25-44(26-34-48)66(4,5)6)58-41-57-61(53-21-17-15-19-51(53)58)55-39-40-56-62-54-22-18-16-20-52(54)59(42-60(62)72-64(56)63(55)69(57,13)14)71(49-35-27-45(28-36-49)67(7,8)9)50-37-29-46(30-38-50)68(10,11)12/h15-42H,1-14H3. The third kappa shape index (κ3) is 7.91. The van der Waals surface area contributed by atoms with Crippen LogP contribution in [-0.2, 0) is 27.1 Å². The van der Waals surface area contributed by atoms with Crippen LogP contribution in [0.4, 0.5) is 34.1 Å². The van der Waals surface area contributed by atoms with Crippen LogP contribution < -0.4 is 9.80 Å². The maximum atomic E-state index is 2.54. The highest BCUT2D eigenvalue weighted by molar-refractivity contribution is 7.26. The van der Waals surface area contributed by atoms with Crippen molar-refractivity contribution in [1.29, 1.82) is 0 Å². The summed E-state index contributed by atoms with van der Waals surface area (Å²) in [6.07, 6.45) is 0. The Kier molecular flexibility index (Phi) is 11.0. The summed E-state index contributed by atoms with van der Waals surface area (Å²) in [4.78, 5) is 4.99. The molecule has 1 aliphatic rings. The molecule has 9 aromatic carbocycles. The van der Waals surface area contributed by atoms with E-state index in [-0.39, 0.29) is 27.1 Å². The molecule has 362 valence electrons. The summed E-state index contributed by atoms with van der Waals surface area (Å²) in [6, 6.07) is 65.2. The summed E-state index contributed by atoms with van der Waals surface area (Å²) >= 11 is 1.97. The highest BCUT2D eigenvalue weighted by atomic mass is 32.1. The lowest BCUT2D eigenvalue weighted by Crippen LogP contribution is -2.18.